The monoisotopic (exact) mass is 434 g/mol. The van der Waals surface area contributed by atoms with Gasteiger partial charge in [0, 0.05) is 18.1 Å². The van der Waals surface area contributed by atoms with Crippen LogP contribution in [0.25, 0.3) is 0 Å². The van der Waals surface area contributed by atoms with E-state index in [1.54, 1.807) is 19.9 Å². The fourth-order valence-electron chi connectivity index (χ4n) is 6.34. The average Bonchev–Trinajstić information content (AvgIpc) is 2.62. The van der Waals surface area contributed by atoms with Crippen LogP contribution >= 0.6 is 0 Å². The lowest BCUT2D eigenvalue weighted by Crippen LogP contribution is -2.52. The van der Waals surface area contributed by atoms with Crippen LogP contribution in [0.2, 0.25) is 0 Å². The lowest BCUT2D eigenvalue weighted by atomic mass is 9.51. The molecular weight excluding hydrogens is 404 g/mol. The molecular formula is C22H30N2O5S. The Labute approximate surface area is 177 Å². The second kappa shape index (κ2) is 7.71. The molecule has 0 amide bonds. The molecule has 4 aliphatic carbocycles. The van der Waals surface area contributed by atoms with Gasteiger partial charge >= 0.3 is 0 Å². The molecule has 4 bridgehead atoms. The molecule has 4 saturated carbocycles. The van der Waals surface area contributed by atoms with E-state index >= 15 is 0 Å². The summed E-state index contributed by atoms with van der Waals surface area (Å²) >= 11 is 0. The molecule has 30 heavy (non-hydrogen) atoms. The smallest absolute Gasteiger partial charge is 0.273 e. The Morgan fingerprint density at radius 2 is 1.67 bits per heavy atom. The highest BCUT2D eigenvalue weighted by Crippen LogP contribution is 2.57. The Morgan fingerprint density at radius 3 is 2.23 bits per heavy atom. The van der Waals surface area contributed by atoms with E-state index in [0.717, 1.165) is 11.8 Å². The summed E-state index contributed by atoms with van der Waals surface area (Å²) in [5.74, 6) is 2.60. The number of ketones is 1. The van der Waals surface area contributed by atoms with Crippen molar-refractivity contribution in [2.24, 2.45) is 29.6 Å². The number of nitro benzene ring substituents is 1. The van der Waals surface area contributed by atoms with Gasteiger partial charge in [0.25, 0.3) is 5.69 Å². The number of Topliss-reactive ketones (excluding diaryl/α,β-unsaturated/α-hetero) is 1. The van der Waals surface area contributed by atoms with E-state index in [2.05, 4.69) is 4.72 Å². The molecule has 5 rings (SSSR count). The highest BCUT2D eigenvalue weighted by Gasteiger charge is 2.49. The predicted molar refractivity (Wildman–Crippen MR) is 113 cm³/mol. The van der Waals surface area contributed by atoms with Gasteiger partial charge in [0.15, 0.2) is 5.78 Å². The fourth-order valence-corrected chi connectivity index (χ4v) is 7.95. The van der Waals surface area contributed by atoms with Crippen LogP contribution in [0.4, 0.5) is 5.69 Å². The number of nitro groups is 1. The molecule has 0 unspecified atom stereocenters. The van der Waals surface area contributed by atoms with E-state index in [4.69, 9.17) is 0 Å². The van der Waals surface area contributed by atoms with Gasteiger partial charge in [-0.25, -0.2) is 13.1 Å². The maximum Gasteiger partial charge on any atom is 0.273 e. The molecule has 8 heteroatoms. The van der Waals surface area contributed by atoms with E-state index in [0.29, 0.717) is 24.2 Å². The van der Waals surface area contributed by atoms with E-state index in [1.165, 1.54) is 50.3 Å². The van der Waals surface area contributed by atoms with E-state index in [-0.39, 0.29) is 17.0 Å². The van der Waals surface area contributed by atoms with Crippen molar-refractivity contribution in [3.8, 4) is 0 Å². The van der Waals surface area contributed by atoms with E-state index in [1.807, 2.05) is 0 Å². The molecule has 0 aliphatic heterocycles. The quantitative estimate of drug-likeness (QED) is 0.494. The first-order chi connectivity index (χ1) is 14.0. The number of carbonyl (C=O) groups is 1. The van der Waals surface area contributed by atoms with Crippen molar-refractivity contribution in [1.82, 2.24) is 4.72 Å². The summed E-state index contributed by atoms with van der Waals surface area (Å²) < 4.78 is 28.0. The molecule has 1 N–H and O–H groups in total. The van der Waals surface area contributed by atoms with Gasteiger partial charge in [-0.3, -0.25) is 14.9 Å². The predicted octanol–water partition coefficient (Wildman–Crippen LogP) is 3.82. The summed E-state index contributed by atoms with van der Waals surface area (Å²) in [6, 6.07) is 5.79. The molecule has 0 saturated heterocycles. The number of rotatable bonds is 8. The van der Waals surface area contributed by atoms with E-state index < -0.39 is 26.2 Å². The summed E-state index contributed by atoms with van der Waals surface area (Å²) in [7, 11) is -3.93. The van der Waals surface area contributed by atoms with Crippen LogP contribution in [0.15, 0.2) is 24.3 Å². The topological polar surface area (TPSA) is 106 Å². The van der Waals surface area contributed by atoms with Crippen LogP contribution in [0, 0.1) is 39.7 Å². The molecule has 7 nitrogen and oxygen atoms in total. The van der Waals surface area contributed by atoms with Gasteiger partial charge in [0.1, 0.15) is 0 Å². The number of para-hydroxylation sites is 1. The second-order valence-electron chi connectivity index (χ2n) is 10.1. The van der Waals surface area contributed by atoms with Gasteiger partial charge in [-0.1, -0.05) is 18.2 Å². The van der Waals surface area contributed by atoms with Crippen molar-refractivity contribution in [3.63, 3.8) is 0 Å². The molecule has 4 aliphatic rings. The highest BCUT2D eigenvalue weighted by atomic mass is 32.2. The van der Waals surface area contributed by atoms with Crippen molar-refractivity contribution < 1.29 is 18.1 Å². The fraction of sp³-hybridized carbons (Fsp3) is 0.682. The van der Waals surface area contributed by atoms with Crippen LogP contribution < -0.4 is 4.72 Å². The molecule has 0 radical (unpaired) electrons. The van der Waals surface area contributed by atoms with Crippen LogP contribution in [-0.2, 0) is 20.6 Å². The van der Waals surface area contributed by atoms with Gasteiger partial charge < -0.3 is 0 Å². The van der Waals surface area contributed by atoms with Crippen LogP contribution in [0.1, 0.15) is 57.9 Å². The largest absolute Gasteiger partial charge is 0.298 e. The first-order valence-electron chi connectivity index (χ1n) is 10.8. The van der Waals surface area contributed by atoms with Crippen molar-refractivity contribution in [2.75, 3.05) is 0 Å². The van der Waals surface area contributed by atoms with Crippen molar-refractivity contribution in [2.45, 2.75) is 63.7 Å². The van der Waals surface area contributed by atoms with Crippen LogP contribution in [-0.4, -0.2) is 24.7 Å². The third kappa shape index (κ3) is 4.30. The molecule has 0 atom stereocenters. The molecule has 1 aromatic rings. The third-order valence-corrected chi connectivity index (χ3v) is 9.00. The number of hydrogen-bond donors (Lipinski definition) is 1. The van der Waals surface area contributed by atoms with Gasteiger partial charge in [0.2, 0.25) is 10.0 Å². The number of hydrogen-bond acceptors (Lipinski definition) is 5. The SMILES string of the molecule is CC(C)(NS(=O)(=O)Cc1ccccc1[N+](=O)[O-])C(=O)CC1C2CC3CC(C2)CC1C3. The zero-order chi connectivity index (χ0) is 21.7. The minimum atomic E-state index is -3.93. The number of sulfonamides is 1. The van der Waals surface area contributed by atoms with Crippen molar-refractivity contribution >= 4 is 21.5 Å². The Kier molecular flexibility index (Phi) is 5.51. The molecule has 0 aromatic heterocycles. The summed E-state index contributed by atoms with van der Waals surface area (Å²) in [6.45, 7) is 3.20. The summed E-state index contributed by atoms with van der Waals surface area (Å²) in [5.41, 5.74) is -1.36. The molecule has 164 valence electrons. The van der Waals surface area contributed by atoms with Gasteiger partial charge in [-0.2, -0.15) is 0 Å². The van der Waals surface area contributed by atoms with Crippen LogP contribution in [0.3, 0.4) is 0 Å². The standard InChI is InChI=1S/C22H30N2O5S/c1-22(2,23-30(28,29)13-16-5-3-4-6-20(16)24(26)27)21(25)12-19-17-8-14-7-15(10-17)11-18(19)9-14/h3-6,14-15,17-19,23H,7-13H2,1-2H3. The number of benzene rings is 1. The molecule has 0 spiro atoms. The lowest BCUT2D eigenvalue weighted by Gasteiger charge is -2.54. The maximum absolute atomic E-state index is 13.1. The summed E-state index contributed by atoms with van der Waals surface area (Å²) in [6.07, 6.45) is 6.63. The normalized spacial score (nSPS) is 30.4. The zero-order valence-corrected chi connectivity index (χ0v) is 18.4. The lowest BCUT2D eigenvalue weighted by molar-refractivity contribution is -0.385. The minimum absolute atomic E-state index is 0.0916. The number of nitrogens with zero attached hydrogens (tertiary/aromatic N) is 1. The first-order valence-corrected chi connectivity index (χ1v) is 12.5. The zero-order valence-electron chi connectivity index (χ0n) is 17.5. The Balaban J connectivity index is 1.43. The van der Waals surface area contributed by atoms with Gasteiger partial charge in [0.05, 0.1) is 16.2 Å². The summed E-state index contributed by atoms with van der Waals surface area (Å²) in [4.78, 5) is 23.7. The number of carbonyl (C=O) groups excluding carboxylic acids is 1. The molecule has 0 heterocycles. The maximum atomic E-state index is 13.1. The Hall–Kier alpha value is -1.80. The average molecular weight is 435 g/mol. The Morgan fingerprint density at radius 1 is 1.10 bits per heavy atom. The molecule has 4 fully saturated rings. The highest BCUT2D eigenvalue weighted by molar-refractivity contribution is 7.88. The van der Waals surface area contributed by atoms with Gasteiger partial charge in [-0.15, -0.1) is 0 Å². The Bertz CT molecular complexity index is 928. The summed E-state index contributed by atoms with van der Waals surface area (Å²) in [5, 5.41) is 11.2. The van der Waals surface area contributed by atoms with E-state index in [9.17, 15) is 23.3 Å². The second-order valence-corrected chi connectivity index (χ2v) is 11.8. The first kappa shape index (κ1) is 21.4. The number of nitrogens with one attached hydrogen (secondary N) is 1. The van der Waals surface area contributed by atoms with Crippen molar-refractivity contribution in [1.29, 1.82) is 0 Å². The van der Waals surface area contributed by atoms with Gasteiger partial charge in [-0.05, 0) is 75.5 Å². The minimum Gasteiger partial charge on any atom is -0.298 e. The third-order valence-electron chi connectivity index (χ3n) is 7.48. The van der Waals surface area contributed by atoms with Crippen molar-refractivity contribution in [3.05, 3.63) is 39.9 Å². The molecule has 1 aromatic carbocycles. The van der Waals surface area contributed by atoms with Crippen LogP contribution in [0.5, 0.6) is 0 Å².